The first-order chi connectivity index (χ1) is 23.6. The van der Waals surface area contributed by atoms with E-state index in [1.807, 2.05) is 47.7 Å². The number of hydrogen-bond acceptors (Lipinski definition) is 11. The molecule has 2 unspecified atom stereocenters. The molecule has 13 nitrogen and oxygen atoms in total. The molecule has 8 heterocycles. The second kappa shape index (κ2) is 12.1. The number of aromatic nitrogens is 7. The van der Waals surface area contributed by atoms with E-state index in [4.69, 9.17) is 29.3 Å². The molecule has 5 aromatic rings. The molecule has 13 heteroatoms. The van der Waals surface area contributed by atoms with Crippen LogP contribution in [0.15, 0.2) is 67.5 Å². The first-order valence-electron chi connectivity index (χ1n) is 16.7. The topological polar surface area (TPSA) is 132 Å². The van der Waals surface area contributed by atoms with Crippen molar-refractivity contribution >= 4 is 11.3 Å². The number of nitriles is 1. The molecule has 2 atom stereocenters. The number of hydrogen-bond donors (Lipinski definition) is 0. The molecule has 1 aliphatic carbocycles. The summed E-state index contributed by atoms with van der Waals surface area (Å²) < 4.78 is 21.6. The van der Waals surface area contributed by atoms with Crippen molar-refractivity contribution in [2.24, 2.45) is 0 Å². The van der Waals surface area contributed by atoms with Crippen molar-refractivity contribution in [2.45, 2.75) is 56.1 Å². The van der Waals surface area contributed by atoms with Gasteiger partial charge < -0.3 is 19.1 Å². The highest BCUT2D eigenvalue weighted by molar-refractivity contribution is 5.83. The lowest BCUT2D eigenvalue weighted by Gasteiger charge is -2.50. The highest BCUT2D eigenvalue weighted by atomic mass is 16.7. The zero-order valence-corrected chi connectivity index (χ0v) is 26.6. The number of anilines is 1. The van der Waals surface area contributed by atoms with Gasteiger partial charge in [0.1, 0.15) is 23.0 Å². The van der Waals surface area contributed by atoms with Gasteiger partial charge in [-0.25, -0.2) is 14.5 Å². The summed E-state index contributed by atoms with van der Waals surface area (Å²) in [6, 6.07) is 13.2. The average Bonchev–Trinajstić information content (AvgIpc) is 3.90. The van der Waals surface area contributed by atoms with Gasteiger partial charge in [0, 0.05) is 62.2 Å². The van der Waals surface area contributed by atoms with Crippen LogP contribution in [0.5, 0.6) is 0 Å². The van der Waals surface area contributed by atoms with Gasteiger partial charge in [-0.2, -0.15) is 15.5 Å². The molecule has 1 spiro atoms. The highest BCUT2D eigenvalue weighted by Gasteiger charge is 2.41. The van der Waals surface area contributed by atoms with Gasteiger partial charge in [-0.15, -0.1) is 0 Å². The standard InChI is InChI=1S/C35H36N10O3/c36-13-25-15-40-45-21-31(26-16-39-44(17-26)28-6-8-35(9-7-28)47-11-12-48-35)41-33(34(25)45)24-4-5-32(38-14-24)42-19-29-22-46-23-30(20-42)43(29)18-27-3-1-2-10-37-27/h1-5,10,14-17,21,28-30H,6-9,11-12,18-20,22-23H2. The minimum Gasteiger partial charge on any atom is -0.378 e. The van der Waals surface area contributed by atoms with Gasteiger partial charge in [0.25, 0.3) is 0 Å². The molecule has 0 N–H and O–H groups in total. The van der Waals surface area contributed by atoms with Crippen molar-refractivity contribution in [3.05, 3.63) is 78.8 Å². The second-order valence-corrected chi connectivity index (χ2v) is 13.1. The predicted octanol–water partition coefficient (Wildman–Crippen LogP) is 3.87. The van der Waals surface area contributed by atoms with E-state index in [0.29, 0.717) is 43.2 Å². The molecular weight excluding hydrogens is 608 g/mol. The first-order valence-corrected chi connectivity index (χ1v) is 16.7. The van der Waals surface area contributed by atoms with Gasteiger partial charge in [0.2, 0.25) is 0 Å². The van der Waals surface area contributed by atoms with E-state index in [9.17, 15) is 5.26 Å². The lowest BCUT2D eigenvalue weighted by Crippen LogP contribution is -2.64. The van der Waals surface area contributed by atoms with Crippen molar-refractivity contribution in [3.63, 3.8) is 0 Å². The van der Waals surface area contributed by atoms with Crippen LogP contribution in [-0.2, 0) is 20.8 Å². The Morgan fingerprint density at radius 3 is 2.44 bits per heavy atom. The number of piperazine rings is 1. The minimum absolute atomic E-state index is 0.254. The van der Waals surface area contributed by atoms with Crippen LogP contribution < -0.4 is 4.90 Å². The van der Waals surface area contributed by atoms with Crippen molar-refractivity contribution in [1.82, 2.24) is 39.2 Å². The molecule has 4 fully saturated rings. The molecule has 3 aliphatic heterocycles. The van der Waals surface area contributed by atoms with Crippen LogP contribution >= 0.6 is 0 Å². The van der Waals surface area contributed by atoms with Crippen LogP contribution in [0.1, 0.15) is 43.0 Å². The quantitative estimate of drug-likeness (QED) is 0.267. The largest absolute Gasteiger partial charge is 0.378 e. The summed E-state index contributed by atoms with van der Waals surface area (Å²) in [5, 5.41) is 19.2. The number of morpholine rings is 1. The monoisotopic (exact) mass is 644 g/mol. The Hall–Kier alpha value is -4.74. The molecule has 9 rings (SSSR count). The van der Waals surface area contributed by atoms with Gasteiger partial charge in [0.05, 0.1) is 80.2 Å². The number of ether oxygens (including phenoxy) is 3. The Bertz CT molecular complexity index is 1940. The summed E-state index contributed by atoms with van der Waals surface area (Å²) in [5.74, 6) is 0.510. The van der Waals surface area contributed by atoms with E-state index < -0.39 is 5.79 Å². The third-order valence-corrected chi connectivity index (χ3v) is 10.3. The molecule has 0 amide bonds. The Labute approximate surface area is 277 Å². The summed E-state index contributed by atoms with van der Waals surface area (Å²) in [4.78, 5) is 19.4. The van der Waals surface area contributed by atoms with Crippen LogP contribution in [0.25, 0.3) is 28.0 Å². The van der Waals surface area contributed by atoms with E-state index in [2.05, 4.69) is 44.3 Å². The predicted molar refractivity (Wildman–Crippen MR) is 175 cm³/mol. The van der Waals surface area contributed by atoms with E-state index in [0.717, 1.165) is 73.7 Å². The van der Waals surface area contributed by atoms with Gasteiger partial charge in [-0.1, -0.05) is 6.07 Å². The fourth-order valence-electron chi connectivity index (χ4n) is 7.76. The van der Waals surface area contributed by atoms with Crippen LogP contribution in [-0.4, -0.2) is 96.6 Å². The second-order valence-electron chi connectivity index (χ2n) is 13.1. The number of rotatable bonds is 6. The Balaban J connectivity index is 0.969. The summed E-state index contributed by atoms with van der Waals surface area (Å²) in [6.07, 6.45) is 14.7. The maximum Gasteiger partial charge on any atom is 0.168 e. The van der Waals surface area contributed by atoms with Gasteiger partial charge in [0.15, 0.2) is 5.79 Å². The third kappa shape index (κ3) is 5.31. The third-order valence-electron chi connectivity index (χ3n) is 10.3. The molecule has 4 aliphatic rings. The minimum atomic E-state index is -0.405. The molecule has 3 saturated heterocycles. The van der Waals surface area contributed by atoms with E-state index in [1.54, 1.807) is 10.7 Å². The summed E-state index contributed by atoms with van der Waals surface area (Å²) in [5.41, 5.74) is 5.30. The number of fused-ring (bicyclic) bond motifs is 3. The summed E-state index contributed by atoms with van der Waals surface area (Å²) in [6.45, 7) is 5.17. The van der Waals surface area contributed by atoms with E-state index in [1.165, 1.54) is 0 Å². The number of pyridine rings is 2. The lowest BCUT2D eigenvalue weighted by atomic mass is 9.90. The molecule has 2 bridgehead atoms. The molecule has 0 aromatic carbocycles. The number of nitrogens with zero attached hydrogens (tertiary/aromatic N) is 10. The summed E-state index contributed by atoms with van der Waals surface area (Å²) >= 11 is 0. The molecular formula is C35H36N10O3. The van der Waals surface area contributed by atoms with Gasteiger partial charge in [-0.05, 0) is 37.1 Å². The normalized spacial score (nSPS) is 22.8. The molecule has 244 valence electrons. The van der Waals surface area contributed by atoms with Crippen molar-refractivity contribution in [3.8, 4) is 28.6 Å². The Kier molecular flexibility index (Phi) is 7.38. The van der Waals surface area contributed by atoms with Crippen LogP contribution in [0.4, 0.5) is 5.82 Å². The van der Waals surface area contributed by atoms with Gasteiger partial charge >= 0.3 is 0 Å². The highest BCUT2D eigenvalue weighted by Crippen LogP contribution is 2.40. The Morgan fingerprint density at radius 1 is 0.875 bits per heavy atom. The summed E-state index contributed by atoms with van der Waals surface area (Å²) in [7, 11) is 0. The first kappa shape index (κ1) is 29.4. The molecule has 0 radical (unpaired) electrons. The van der Waals surface area contributed by atoms with Crippen LogP contribution in [0.3, 0.4) is 0 Å². The van der Waals surface area contributed by atoms with Crippen molar-refractivity contribution in [2.75, 3.05) is 44.4 Å². The van der Waals surface area contributed by atoms with E-state index in [-0.39, 0.29) is 18.1 Å². The maximum absolute atomic E-state index is 9.91. The SMILES string of the molecule is N#Cc1cnn2cc(-c3cnn(C4CCC5(CC4)OCCO5)c3)nc(-c3ccc(N4CC5COCC(C4)N5Cc4ccccn4)nc3)c12. The van der Waals surface area contributed by atoms with Crippen molar-refractivity contribution in [1.29, 1.82) is 5.26 Å². The lowest BCUT2D eigenvalue weighted by molar-refractivity contribution is -0.181. The Morgan fingerprint density at radius 2 is 1.71 bits per heavy atom. The zero-order valence-electron chi connectivity index (χ0n) is 26.6. The molecule has 5 aromatic heterocycles. The maximum atomic E-state index is 9.91. The molecule has 1 saturated carbocycles. The average molecular weight is 645 g/mol. The van der Waals surface area contributed by atoms with E-state index >= 15 is 0 Å². The smallest absolute Gasteiger partial charge is 0.168 e. The fourth-order valence-corrected chi connectivity index (χ4v) is 7.76. The molecule has 48 heavy (non-hydrogen) atoms. The van der Waals surface area contributed by atoms with Crippen molar-refractivity contribution < 1.29 is 14.2 Å². The zero-order chi connectivity index (χ0) is 32.1. The van der Waals surface area contributed by atoms with Gasteiger partial charge in [-0.3, -0.25) is 14.6 Å². The van der Waals surface area contributed by atoms with Crippen LogP contribution in [0.2, 0.25) is 0 Å². The van der Waals surface area contributed by atoms with Crippen LogP contribution in [0, 0.1) is 11.3 Å². The fraction of sp³-hybridized carbons (Fsp3) is 0.429.